The van der Waals surface area contributed by atoms with E-state index in [2.05, 4.69) is 36.2 Å². The third-order valence-electron chi connectivity index (χ3n) is 2.43. The first-order valence-corrected chi connectivity index (χ1v) is 6.41. The van der Waals surface area contributed by atoms with E-state index in [0.717, 1.165) is 18.5 Å². The second-order valence-electron chi connectivity index (χ2n) is 3.70. The molecular weight excluding hydrogens is 216 g/mol. The molecule has 1 aromatic heterocycles. The molecule has 2 aromatic rings. The quantitative estimate of drug-likeness (QED) is 0.879. The van der Waals surface area contributed by atoms with E-state index in [4.69, 9.17) is 5.73 Å². The van der Waals surface area contributed by atoms with E-state index in [1.54, 1.807) is 11.3 Å². The summed E-state index contributed by atoms with van der Waals surface area (Å²) in [6, 6.07) is 10.4. The van der Waals surface area contributed by atoms with Crippen LogP contribution in [0.3, 0.4) is 0 Å². The molecule has 1 heterocycles. The fourth-order valence-electron chi connectivity index (χ4n) is 1.68. The van der Waals surface area contributed by atoms with Gasteiger partial charge in [0.05, 0.1) is 15.6 Å². The van der Waals surface area contributed by atoms with Gasteiger partial charge in [0.25, 0.3) is 0 Å². The topological polar surface area (TPSA) is 38.9 Å². The highest BCUT2D eigenvalue weighted by atomic mass is 32.1. The minimum absolute atomic E-state index is 0.518. The lowest BCUT2D eigenvalue weighted by atomic mass is 10.1. The molecule has 0 spiro atoms. The molecule has 2 rings (SSSR count). The summed E-state index contributed by atoms with van der Waals surface area (Å²) in [7, 11) is 0. The maximum absolute atomic E-state index is 5.74. The predicted octanol–water partition coefficient (Wildman–Crippen LogP) is 3.22. The number of nitrogens with two attached hydrogens (primary N) is 1. The molecule has 0 amide bonds. The van der Waals surface area contributed by atoms with Gasteiger partial charge in [0.1, 0.15) is 0 Å². The summed E-state index contributed by atoms with van der Waals surface area (Å²) in [6.45, 7) is 2.69. The summed E-state index contributed by atoms with van der Waals surface area (Å²) in [4.78, 5) is 5.82. The SMILES string of the molecule is CCCc1nc(CN)c(-c2ccccc2)s1. The van der Waals surface area contributed by atoms with Crippen molar-refractivity contribution in [1.29, 1.82) is 0 Å². The van der Waals surface area contributed by atoms with Gasteiger partial charge in [-0.1, -0.05) is 37.3 Å². The molecule has 0 fully saturated rings. The first kappa shape index (κ1) is 11.3. The van der Waals surface area contributed by atoms with Crippen LogP contribution in [0, 0.1) is 0 Å². The summed E-state index contributed by atoms with van der Waals surface area (Å²) in [5.41, 5.74) is 7.99. The lowest BCUT2D eigenvalue weighted by molar-refractivity contribution is 0.889. The Morgan fingerprint density at radius 2 is 2.00 bits per heavy atom. The van der Waals surface area contributed by atoms with Gasteiger partial charge in [-0.2, -0.15) is 0 Å². The highest BCUT2D eigenvalue weighted by Crippen LogP contribution is 2.30. The average molecular weight is 232 g/mol. The molecular formula is C13H16N2S. The van der Waals surface area contributed by atoms with Crippen molar-refractivity contribution in [1.82, 2.24) is 4.98 Å². The summed E-state index contributed by atoms with van der Waals surface area (Å²) in [5, 5.41) is 1.20. The van der Waals surface area contributed by atoms with E-state index in [0.29, 0.717) is 6.54 Å². The van der Waals surface area contributed by atoms with Crippen LogP contribution in [0.1, 0.15) is 24.0 Å². The third kappa shape index (κ3) is 2.31. The zero-order valence-electron chi connectivity index (χ0n) is 9.44. The van der Waals surface area contributed by atoms with Crippen molar-refractivity contribution in [3.8, 4) is 10.4 Å². The van der Waals surface area contributed by atoms with Crippen LogP contribution < -0.4 is 5.73 Å². The smallest absolute Gasteiger partial charge is 0.0935 e. The standard InChI is InChI=1S/C13H16N2S/c1-2-6-12-15-11(9-14)13(16-12)10-7-4-3-5-8-10/h3-5,7-8H,2,6,9,14H2,1H3. The van der Waals surface area contributed by atoms with Gasteiger partial charge in [0, 0.05) is 6.54 Å². The zero-order valence-corrected chi connectivity index (χ0v) is 10.3. The van der Waals surface area contributed by atoms with Crippen molar-refractivity contribution in [3.63, 3.8) is 0 Å². The molecule has 0 atom stereocenters. The number of benzene rings is 1. The normalized spacial score (nSPS) is 10.6. The summed E-state index contributed by atoms with van der Waals surface area (Å²) < 4.78 is 0. The van der Waals surface area contributed by atoms with Crippen LogP contribution in [0.4, 0.5) is 0 Å². The van der Waals surface area contributed by atoms with Crippen LogP contribution in [0.15, 0.2) is 30.3 Å². The highest BCUT2D eigenvalue weighted by molar-refractivity contribution is 7.15. The Morgan fingerprint density at radius 3 is 2.62 bits per heavy atom. The minimum Gasteiger partial charge on any atom is -0.325 e. The zero-order chi connectivity index (χ0) is 11.4. The Bertz CT molecular complexity index is 448. The lowest BCUT2D eigenvalue weighted by Gasteiger charge is -1.98. The van der Waals surface area contributed by atoms with E-state index in [1.165, 1.54) is 15.4 Å². The van der Waals surface area contributed by atoms with Crippen molar-refractivity contribution in [2.45, 2.75) is 26.3 Å². The van der Waals surface area contributed by atoms with Gasteiger partial charge in [-0.3, -0.25) is 0 Å². The molecule has 1 aromatic carbocycles. The average Bonchev–Trinajstić information content (AvgIpc) is 2.74. The third-order valence-corrected chi connectivity index (χ3v) is 3.64. The molecule has 0 aliphatic rings. The van der Waals surface area contributed by atoms with E-state index in [1.807, 2.05) is 6.07 Å². The first-order chi connectivity index (χ1) is 7.85. The van der Waals surface area contributed by atoms with Crippen LogP contribution in [0.25, 0.3) is 10.4 Å². The second kappa shape index (κ2) is 5.23. The van der Waals surface area contributed by atoms with Crippen molar-refractivity contribution in [3.05, 3.63) is 41.0 Å². The molecule has 0 aliphatic heterocycles. The molecule has 0 bridgehead atoms. The molecule has 0 radical (unpaired) electrons. The molecule has 0 unspecified atom stereocenters. The summed E-state index contributed by atoms with van der Waals surface area (Å²) in [5.74, 6) is 0. The minimum atomic E-state index is 0.518. The fourth-order valence-corrected chi connectivity index (χ4v) is 2.87. The van der Waals surface area contributed by atoms with E-state index in [-0.39, 0.29) is 0 Å². The van der Waals surface area contributed by atoms with Gasteiger partial charge in [-0.25, -0.2) is 4.98 Å². The van der Waals surface area contributed by atoms with Gasteiger partial charge < -0.3 is 5.73 Å². The number of aryl methyl sites for hydroxylation is 1. The Hall–Kier alpha value is -1.19. The largest absolute Gasteiger partial charge is 0.325 e. The Labute approximate surface area is 100 Å². The molecule has 3 heteroatoms. The van der Waals surface area contributed by atoms with Gasteiger partial charge in [-0.05, 0) is 18.4 Å². The fraction of sp³-hybridized carbons (Fsp3) is 0.308. The molecule has 0 aliphatic carbocycles. The van der Waals surface area contributed by atoms with Crippen LogP contribution in [-0.2, 0) is 13.0 Å². The van der Waals surface area contributed by atoms with Gasteiger partial charge >= 0.3 is 0 Å². The molecule has 0 saturated carbocycles. The number of aromatic nitrogens is 1. The maximum atomic E-state index is 5.74. The van der Waals surface area contributed by atoms with Crippen molar-refractivity contribution < 1.29 is 0 Å². The maximum Gasteiger partial charge on any atom is 0.0935 e. The number of rotatable bonds is 4. The number of nitrogens with zero attached hydrogens (tertiary/aromatic N) is 1. The second-order valence-corrected chi connectivity index (χ2v) is 4.79. The number of hydrogen-bond donors (Lipinski definition) is 1. The van der Waals surface area contributed by atoms with Gasteiger partial charge in [0.15, 0.2) is 0 Å². The Kier molecular flexibility index (Phi) is 3.70. The number of thiazole rings is 1. The van der Waals surface area contributed by atoms with Crippen LogP contribution in [0.2, 0.25) is 0 Å². The van der Waals surface area contributed by atoms with E-state index in [9.17, 15) is 0 Å². The molecule has 16 heavy (non-hydrogen) atoms. The van der Waals surface area contributed by atoms with E-state index < -0.39 is 0 Å². The van der Waals surface area contributed by atoms with E-state index >= 15 is 0 Å². The summed E-state index contributed by atoms with van der Waals surface area (Å²) >= 11 is 1.77. The van der Waals surface area contributed by atoms with Crippen molar-refractivity contribution in [2.75, 3.05) is 0 Å². The summed E-state index contributed by atoms with van der Waals surface area (Å²) in [6.07, 6.45) is 2.18. The van der Waals surface area contributed by atoms with Crippen molar-refractivity contribution >= 4 is 11.3 Å². The monoisotopic (exact) mass is 232 g/mol. The van der Waals surface area contributed by atoms with Crippen molar-refractivity contribution in [2.24, 2.45) is 5.73 Å². The van der Waals surface area contributed by atoms with Gasteiger partial charge in [0.2, 0.25) is 0 Å². The number of hydrogen-bond acceptors (Lipinski definition) is 3. The lowest BCUT2D eigenvalue weighted by Crippen LogP contribution is -1.98. The van der Waals surface area contributed by atoms with Crippen LogP contribution in [0.5, 0.6) is 0 Å². The van der Waals surface area contributed by atoms with Crippen LogP contribution >= 0.6 is 11.3 Å². The predicted molar refractivity (Wildman–Crippen MR) is 69.4 cm³/mol. The highest BCUT2D eigenvalue weighted by Gasteiger charge is 2.10. The first-order valence-electron chi connectivity index (χ1n) is 5.59. The Balaban J connectivity index is 2.39. The molecule has 2 nitrogen and oxygen atoms in total. The Morgan fingerprint density at radius 1 is 1.25 bits per heavy atom. The van der Waals surface area contributed by atoms with Crippen LogP contribution in [-0.4, -0.2) is 4.98 Å². The van der Waals surface area contributed by atoms with Gasteiger partial charge in [-0.15, -0.1) is 11.3 Å². The molecule has 2 N–H and O–H groups in total. The molecule has 0 saturated heterocycles. The molecule has 84 valence electrons.